The molecule has 0 saturated heterocycles. The van der Waals surface area contributed by atoms with E-state index >= 15 is 0 Å². The number of hydrogen-bond donors (Lipinski definition) is 1. The zero-order valence-corrected chi connectivity index (χ0v) is 22.2. The lowest BCUT2D eigenvalue weighted by Gasteiger charge is -2.32. The first kappa shape index (κ1) is 27.1. The Morgan fingerprint density at radius 3 is 2.24 bits per heavy atom. The van der Waals surface area contributed by atoms with Gasteiger partial charge in [-0.15, -0.1) is 0 Å². The highest BCUT2D eigenvalue weighted by Gasteiger charge is 2.30. The molecule has 0 spiro atoms. The average molecular weight is 559 g/mol. The molecule has 0 aliphatic heterocycles. The first-order chi connectivity index (χ1) is 15.4. The molecule has 0 fully saturated rings. The Hall–Kier alpha value is -2.10. The summed E-state index contributed by atoms with van der Waals surface area (Å²) in [7, 11) is -3.77. The Kier molecular flexibility index (Phi) is 9.75. The molecule has 0 aromatic heterocycles. The van der Waals surface area contributed by atoms with Crippen molar-refractivity contribution in [2.45, 2.75) is 45.8 Å². The largest absolute Gasteiger partial charge is 0.352 e. The molecule has 0 aliphatic carbocycles. The average Bonchev–Trinajstić information content (AvgIpc) is 2.76. The van der Waals surface area contributed by atoms with E-state index in [0.29, 0.717) is 16.3 Å². The first-order valence-corrected chi connectivity index (χ1v) is 13.5. The fraction of sp³-hybridized carbons (Fsp3) is 0.391. The molecule has 0 heterocycles. The van der Waals surface area contributed by atoms with Gasteiger partial charge in [-0.25, -0.2) is 8.42 Å². The smallest absolute Gasteiger partial charge is 0.244 e. The SMILES string of the molecule is CC[C@H](C)NC(=O)[C@@H](C)N(Cc1ccccc1Cl)C(=O)CN(c1ccc(Br)cc1)S(C)(=O)=O. The van der Waals surface area contributed by atoms with Crippen LogP contribution in [0.1, 0.15) is 32.8 Å². The quantitative estimate of drug-likeness (QED) is 0.474. The summed E-state index contributed by atoms with van der Waals surface area (Å²) in [6.07, 6.45) is 1.78. The molecule has 1 N–H and O–H groups in total. The number of hydrogen-bond acceptors (Lipinski definition) is 4. The Bertz CT molecular complexity index is 1080. The van der Waals surface area contributed by atoms with Crippen LogP contribution in [0.2, 0.25) is 5.02 Å². The highest BCUT2D eigenvalue weighted by atomic mass is 79.9. The Morgan fingerprint density at radius 2 is 1.70 bits per heavy atom. The number of nitrogens with zero attached hydrogens (tertiary/aromatic N) is 2. The zero-order chi connectivity index (χ0) is 24.8. The van der Waals surface area contributed by atoms with E-state index < -0.39 is 28.5 Å². The van der Waals surface area contributed by atoms with Gasteiger partial charge in [0.25, 0.3) is 0 Å². The monoisotopic (exact) mass is 557 g/mol. The van der Waals surface area contributed by atoms with E-state index in [4.69, 9.17) is 11.6 Å². The van der Waals surface area contributed by atoms with Crippen LogP contribution in [0.3, 0.4) is 0 Å². The maximum atomic E-state index is 13.4. The number of benzene rings is 2. The fourth-order valence-corrected chi connectivity index (χ4v) is 4.39. The minimum absolute atomic E-state index is 0.0611. The molecule has 0 bridgehead atoms. The maximum absolute atomic E-state index is 13.4. The van der Waals surface area contributed by atoms with Gasteiger partial charge >= 0.3 is 0 Å². The second-order valence-corrected chi connectivity index (χ2v) is 11.1. The molecule has 2 rings (SSSR count). The number of rotatable bonds is 10. The van der Waals surface area contributed by atoms with Gasteiger partial charge < -0.3 is 10.2 Å². The van der Waals surface area contributed by atoms with E-state index in [1.165, 1.54) is 4.90 Å². The van der Waals surface area contributed by atoms with Crippen LogP contribution in [0, 0.1) is 0 Å². The molecule has 0 aliphatic rings. The van der Waals surface area contributed by atoms with Crippen molar-refractivity contribution in [1.82, 2.24) is 10.2 Å². The normalized spacial score (nSPS) is 13.2. The first-order valence-electron chi connectivity index (χ1n) is 10.5. The van der Waals surface area contributed by atoms with Crippen LogP contribution in [0.15, 0.2) is 53.0 Å². The molecule has 2 aromatic carbocycles. The van der Waals surface area contributed by atoms with Gasteiger partial charge in [-0.05, 0) is 56.2 Å². The van der Waals surface area contributed by atoms with Gasteiger partial charge in [-0.3, -0.25) is 13.9 Å². The predicted octanol–water partition coefficient (Wildman–Crippen LogP) is 4.20. The number of carbonyl (C=O) groups excluding carboxylic acids is 2. The van der Waals surface area contributed by atoms with Crippen LogP contribution < -0.4 is 9.62 Å². The summed E-state index contributed by atoms with van der Waals surface area (Å²) in [5, 5.41) is 3.34. The van der Waals surface area contributed by atoms with E-state index in [0.717, 1.165) is 21.5 Å². The van der Waals surface area contributed by atoms with Crippen LogP contribution in [0.4, 0.5) is 5.69 Å². The van der Waals surface area contributed by atoms with E-state index in [1.807, 2.05) is 13.8 Å². The molecule has 0 unspecified atom stereocenters. The third-order valence-corrected chi connectivity index (χ3v) is 7.30. The van der Waals surface area contributed by atoms with Crippen molar-refractivity contribution in [2.24, 2.45) is 0 Å². The second-order valence-electron chi connectivity index (χ2n) is 7.85. The molecule has 0 saturated carbocycles. The topological polar surface area (TPSA) is 86.8 Å². The summed E-state index contributed by atoms with van der Waals surface area (Å²) in [5.74, 6) is -0.839. The summed E-state index contributed by atoms with van der Waals surface area (Å²) in [6.45, 7) is 5.06. The molecular weight excluding hydrogens is 530 g/mol. The van der Waals surface area contributed by atoms with Crippen molar-refractivity contribution >= 4 is 55.1 Å². The van der Waals surface area contributed by atoms with Gasteiger partial charge in [0.1, 0.15) is 12.6 Å². The summed E-state index contributed by atoms with van der Waals surface area (Å²) in [6, 6.07) is 12.7. The third-order valence-electron chi connectivity index (χ3n) is 5.26. The van der Waals surface area contributed by atoms with Crippen molar-refractivity contribution in [2.75, 3.05) is 17.1 Å². The van der Waals surface area contributed by atoms with Crippen molar-refractivity contribution < 1.29 is 18.0 Å². The molecule has 7 nitrogen and oxygen atoms in total. The number of amides is 2. The van der Waals surface area contributed by atoms with Crippen LogP contribution in [-0.2, 0) is 26.2 Å². The van der Waals surface area contributed by atoms with Gasteiger partial charge in [0.2, 0.25) is 21.8 Å². The lowest BCUT2D eigenvalue weighted by molar-refractivity contribution is -0.139. The lowest BCUT2D eigenvalue weighted by Crippen LogP contribution is -2.52. The Balaban J connectivity index is 2.39. The third kappa shape index (κ3) is 7.72. The molecule has 180 valence electrons. The van der Waals surface area contributed by atoms with Gasteiger partial charge in [0, 0.05) is 22.1 Å². The van der Waals surface area contributed by atoms with Gasteiger partial charge in [0.15, 0.2) is 0 Å². The summed E-state index contributed by atoms with van der Waals surface area (Å²) >= 11 is 9.63. The Labute approximate surface area is 209 Å². The fourth-order valence-electron chi connectivity index (χ4n) is 3.08. The second kappa shape index (κ2) is 11.9. The van der Waals surface area contributed by atoms with Crippen LogP contribution in [-0.4, -0.2) is 50.0 Å². The molecule has 2 atom stereocenters. The maximum Gasteiger partial charge on any atom is 0.244 e. The molecule has 0 radical (unpaired) electrons. The van der Waals surface area contributed by atoms with Gasteiger partial charge in [0.05, 0.1) is 11.9 Å². The standard InChI is InChI=1S/C23H29BrClN3O4S/c1-5-16(2)26-23(30)17(3)27(14-18-8-6-7-9-21(18)25)22(29)15-28(33(4,31)32)20-12-10-19(24)11-13-20/h6-13,16-17H,5,14-15H2,1-4H3,(H,26,30)/t16-,17+/m0/s1. The highest BCUT2D eigenvalue weighted by Crippen LogP contribution is 2.23. The van der Waals surface area contributed by atoms with E-state index in [2.05, 4.69) is 21.2 Å². The number of anilines is 1. The van der Waals surface area contributed by atoms with E-state index in [-0.39, 0.29) is 18.5 Å². The lowest BCUT2D eigenvalue weighted by atomic mass is 10.1. The minimum Gasteiger partial charge on any atom is -0.352 e. The van der Waals surface area contributed by atoms with Crippen molar-refractivity contribution in [3.63, 3.8) is 0 Å². The van der Waals surface area contributed by atoms with E-state index in [1.54, 1.807) is 55.5 Å². The van der Waals surface area contributed by atoms with Crippen molar-refractivity contribution in [3.8, 4) is 0 Å². The molecule has 33 heavy (non-hydrogen) atoms. The van der Waals surface area contributed by atoms with Gasteiger partial charge in [-0.2, -0.15) is 0 Å². The molecule has 2 amide bonds. The highest BCUT2D eigenvalue weighted by molar-refractivity contribution is 9.10. The number of sulfonamides is 1. The molecular formula is C23H29BrClN3O4S. The van der Waals surface area contributed by atoms with Crippen LogP contribution in [0.5, 0.6) is 0 Å². The zero-order valence-electron chi connectivity index (χ0n) is 19.1. The summed E-state index contributed by atoms with van der Waals surface area (Å²) < 4.78 is 26.8. The molecule has 10 heteroatoms. The number of carbonyl (C=O) groups is 2. The molecule has 2 aromatic rings. The predicted molar refractivity (Wildman–Crippen MR) is 136 cm³/mol. The number of halogens is 2. The van der Waals surface area contributed by atoms with Crippen LogP contribution in [0.25, 0.3) is 0 Å². The Morgan fingerprint density at radius 1 is 1.09 bits per heavy atom. The van der Waals surface area contributed by atoms with Crippen molar-refractivity contribution in [3.05, 3.63) is 63.6 Å². The minimum atomic E-state index is -3.77. The van der Waals surface area contributed by atoms with Crippen LogP contribution >= 0.6 is 27.5 Å². The van der Waals surface area contributed by atoms with Crippen molar-refractivity contribution in [1.29, 1.82) is 0 Å². The summed E-state index contributed by atoms with van der Waals surface area (Å²) in [5.41, 5.74) is 1.01. The van der Waals surface area contributed by atoms with Gasteiger partial charge in [-0.1, -0.05) is 52.7 Å². The number of nitrogens with one attached hydrogen (secondary N) is 1. The van der Waals surface area contributed by atoms with E-state index in [9.17, 15) is 18.0 Å². The summed E-state index contributed by atoms with van der Waals surface area (Å²) in [4.78, 5) is 27.7.